The number of amides is 1. The van der Waals surface area contributed by atoms with E-state index in [0.29, 0.717) is 11.3 Å². The molecule has 3 aromatic rings. The van der Waals surface area contributed by atoms with Gasteiger partial charge in [-0.1, -0.05) is 36.4 Å². The van der Waals surface area contributed by atoms with E-state index in [1.54, 1.807) is 24.3 Å². The molecule has 4 rings (SSSR count). The third-order valence-corrected chi connectivity index (χ3v) is 5.05. The summed E-state index contributed by atoms with van der Waals surface area (Å²) in [7, 11) is 0. The number of pyridine rings is 1. The second kappa shape index (κ2) is 8.11. The van der Waals surface area contributed by atoms with E-state index in [1.807, 2.05) is 36.4 Å². The van der Waals surface area contributed by atoms with Crippen LogP contribution in [0.5, 0.6) is 0 Å². The lowest BCUT2D eigenvalue weighted by Crippen LogP contribution is -2.35. The van der Waals surface area contributed by atoms with Crippen molar-refractivity contribution < 1.29 is 14.3 Å². The Kier molecular flexibility index (Phi) is 5.21. The van der Waals surface area contributed by atoms with Gasteiger partial charge in [0.2, 0.25) is 0 Å². The number of rotatable bonds is 5. The first-order chi connectivity index (χ1) is 14.2. The van der Waals surface area contributed by atoms with Gasteiger partial charge in [0, 0.05) is 16.8 Å². The normalized spacial score (nSPS) is 12.2. The number of fused-ring (bicyclic) bond motifs is 2. The minimum Gasteiger partial charge on any atom is -0.452 e. The van der Waals surface area contributed by atoms with Crippen molar-refractivity contribution in [3.8, 4) is 6.07 Å². The summed E-state index contributed by atoms with van der Waals surface area (Å²) < 4.78 is 5.40. The molecule has 0 aliphatic heterocycles. The number of aryl methyl sites for hydroxylation is 1. The molecule has 2 aromatic carbocycles. The molecule has 0 atom stereocenters. The summed E-state index contributed by atoms with van der Waals surface area (Å²) in [5.74, 6) is -0.971. The summed E-state index contributed by atoms with van der Waals surface area (Å²) in [6, 6.07) is 18.3. The molecule has 0 saturated heterocycles. The summed E-state index contributed by atoms with van der Waals surface area (Å²) in [6.07, 6.45) is 2.56. The Labute approximate surface area is 168 Å². The van der Waals surface area contributed by atoms with Crippen LogP contribution in [0, 0.1) is 11.3 Å². The summed E-state index contributed by atoms with van der Waals surface area (Å²) >= 11 is 0. The second-order valence-electron chi connectivity index (χ2n) is 6.83. The molecular formula is C23H19N3O3. The Morgan fingerprint density at radius 1 is 1.07 bits per heavy atom. The number of ether oxygens (including phenoxy) is 1. The molecule has 0 radical (unpaired) electrons. The highest BCUT2D eigenvalue weighted by atomic mass is 16.5. The molecule has 0 unspecified atom stereocenters. The van der Waals surface area contributed by atoms with E-state index in [2.05, 4.69) is 4.98 Å². The highest BCUT2D eigenvalue weighted by molar-refractivity contribution is 6.06. The van der Waals surface area contributed by atoms with Crippen molar-refractivity contribution >= 4 is 28.5 Å². The molecule has 0 saturated carbocycles. The Morgan fingerprint density at radius 3 is 2.62 bits per heavy atom. The van der Waals surface area contributed by atoms with Crippen molar-refractivity contribution in [2.24, 2.45) is 0 Å². The third-order valence-electron chi connectivity index (χ3n) is 5.05. The van der Waals surface area contributed by atoms with Crippen molar-refractivity contribution in [2.45, 2.75) is 19.3 Å². The van der Waals surface area contributed by atoms with E-state index in [1.165, 1.54) is 4.90 Å². The minimum absolute atomic E-state index is 0.117. The molecule has 0 N–H and O–H groups in total. The monoisotopic (exact) mass is 385 g/mol. The van der Waals surface area contributed by atoms with E-state index in [9.17, 15) is 9.59 Å². The number of nitriles is 1. The maximum Gasteiger partial charge on any atom is 0.339 e. The number of para-hydroxylation sites is 2. The number of benzene rings is 2. The van der Waals surface area contributed by atoms with Crippen LogP contribution in [0.2, 0.25) is 0 Å². The quantitative estimate of drug-likeness (QED) is 0.496. The Balaban J connectivity index is 1.58. The Bertz CT molecular complexity index is 1120. The zero-order valence-electron chi connectivity index (χ0n) is 15.8. The first-order valence-corrected chi connectivity index (χ1v) is 9.49. The number of hydrogen-bond acceptors (Lipinski definition) is 5. The number of carbonyl (C=O) groups excluding carboxylic acids is 2. The molecule has 1 amide bonds. The molecular weight excluding hydrogens is 366 g/mol. The van der Waals surface area contributed by atoms with Crippen LogP contribution in [-0.2, 0) is 22.4 Å². The van der Waals surface area contributed by atoms with Crippen molar-refractivity contribution in [3.63, 3.8) is 0 Å². The van der Waals surface area contributed by atoms with Crippen molar-refractivity contribution in [1.82, 2.24) is 4.98 Å². The van der Waals surface area contributed by atoms with Crippen LogP contribution in [-0.4, -0.2) is 30.0 Å². The predicted molar refractivity (Wildman–Crippen MR) is 108 cm³/mol. The van der Waals surface area contributed by atoms with Crippen LogP contribution in [0.3, 0.4) is 0 Å². The van der Waals surface area contributed by atoms with E-state index in [-0.39, 0.29) is 6.54 Å². The van der Waals surface area contributed by atoms with Crippen LogP contribution in [0.4, 0.5) is 5.69 Å². The standard InChI is InChI=1S/C23H19N3O3/c24-13-14-26(16-7-2-1-3-8-16)21(27)15-29-23(28)22-17-9-4-5-11-19(17)25-20-12-6-10-18(20)22/h1-5,7-9,11H,6,10,12,14-15H2. The maximum atomic E-state index is 13.0. The lowest BCUT2D eigenvalue weighted by Gasteiger charge is -2.20. The van der Waals surface area contributed by atoms with Gasteiger partial charge in [0.25, 0.3) is 5.91 Å². The van der Waals surface area contributed by atoms with Gasteiger partial charge >= 0.3 is 5.97 Å². The third kappa shape index (κ3) is 3.67. The largest absolute Gasteiger partial charge is 0.452 e. The lowest BCUT2D eigenvalue weighted by atomic mass is 10.0. The number of hydrogen-bond donors (Lipinski definition) is 0. The summed E-state index contributed by atoms with van der Waals surface area (Å²) in [5.41, 5.74) is 3.69. The van der Waals surface area contributed by atoms with Gasteiger partial charge in [0.05, 0.1) is 17.1 Å². The molecule has 1 aliphatic carbocycles. The van der Waals surface area contributed by atoms with Gasteiger partial charge < -0.3 is 4.74 Å². The van der Waals surface area contributed by atoms with E-state index in [4.69, 9.17) is 10.00 Å². The molecule has 6 nitrogen and oxygen atoms in total. The minimum atomic E-state index is -0.528. The van der Waals surface area contributed by atoms with Gasteiger partial charge in [-0.3, -0.25) is 14.7 Å². The average Bonchev–Trinajstić information content (AvgIpc) is 3.22. The zero-order chi connectivity index (χ0) is 20.2. The van der Waals surface area contributed by atoms with Crippen LogP contribution >= 0.6 is 0 Å². The van der Waals surface area contributed by atoms with Crippen LogP contribution in [0.1, 0.15) is 28.0 Å². The maximum absolute atomic E-state index is 13.0. The van der Waals surface area contributed by atoms with E-state index < -0.39 is 18.5 Å². The number of aromatic nitrogens is 1. The van der Waals surface area contributed by atoms with Crippen molar-refractivity contribution in [3.05, 3.63) is 71.4 Å². The highest BCUT2D eigenvalue weighted by Crippen LogP contribution is 2.30. The Hall–Kier alpha value is -3.72. The van der Waals surface area contributed by atoms with Gasteiger partial charge in [-0.15, -0.1) is 0 Å². The fourth-order valence-corrected chi connectivity index (χ4v) is 3.72. The first kappa shape index (κ1) is 18.6. The average molecular weight is 385 g/mol. The smallest absolute Gasteiger partial charge is 0.339 e. The van der Waals surface area contributed by atoms with Gasteiger partial charge in [-0.2, -0.15) is 5.26 Å². The van der Waals surface area contributed by atoms with E-state index >= 15 is 0 Å². The summed E-state index contributed by atoms with van der Waals surface area (Å²) in [5, 5.41) is 9.81. The zero-order valence-corrected chi connectivity index (χ0v) is 15.8. The van der Waals surface area contributed by atoms with Crippen LogP contribution in [0.25, 0.3) is 10.9 Å². The number of anilines is 1. The fourth-order valence-electron chi connectivity index (χ4n) is 3.72. The molecule has 6 heteroatoms. The number of esters is 1. The molecule has 144 valence electrons. The SMILES string of the molecule is N#CCN(C(=O)COC(=O)c1c2c(nc3ccccc13)CCC2)c1ccccc1. The first-order valence-electron chi connectivity index (χ1n) is 9.49. The van der Waals surface area contributed by atoms with Crippen molar-refractivity contribution in [2.75, 3.05) is 18.1 Å². The molecule has 0 fully saturated rings. The summed E-state index contributed by atoms with van der Waals surface area (Å²) in [6.45, 7) is -0.547. The molecule has 1 aliphatic rings. The van der Waals surface area contributed by atoms with Gasteiger partial charge in [-0.05, 0) is 43.0 Å². The molecule has 0 spiro atoms. The Morgan fingerprint density at radius 2 is 1.83 bits per heavy atom. The van der Waals surface area contributed by atoms with Crippen LogP contribution < -0.4 is 4.90 Å². The number of carbonyl (C=O) groups is 2. The van der Waals surface area contributed by atoms with Gasteiger partial charge in [0.15, 0.2) is 6.61 Å². The molecule has 1 heterocycles. The van der Waals surface area contributed by atoms with Gasteiger partial charge in [-0.25, -0.2) is 4.79 Å². The molecule has 29 heavy (non-hydrogen) atoms. The summed E-state index contributed by atoms with van der Waals surface area (Å²) in [4.78, 5) is 31.6. The second-order valence-corrected chi connectivity index (χ2v) is 6.83. The van der Waals surface area contributed by atoms with Crippen molar-refractivity contribution in [1.29, 1.82) is 5.26 Å². The van der Waals surface area contributed by atoms with Gasteiger partial charge in [0.1, 0.15) is 6.54 Å². The highest BCUT2D eigenvalue weighted by Gasteiger charge is 2.26. The van der Waals surface area contributed by atoms with E-state index in [0.717, 1.165) is 41.4 Å². The molecule has 1 aromatic heterocycles. The fraction of sp³-hybridized carbons (Fsp3) is 0.217. The number of nitrogens with zero attached hydrogens (tertiary/aromatic N) is 3. The topological polar surface area (TPSA) is 83.3 Å². The predicted octanol–water partition coefficient (Wildman–Crippen LogP) is 3.44. The van der Waals surface area contributed by atoms with Crippen LogP contribution in [0.15, 0.2) is 54.6 Å². The molecule has 0 bridgehead atoms. The lowest BCUT2D eigenvalue weighted by molar-refractivity contribution is -0.121.